The van der Waals surface area contributed by atoms with Crippen LogP contribution in [0.4, 0.5) is 4.79 Å². The van der Waals surface area contributed by atoms with Crippen LogP contribution < -0.4 is 15.8 Å². The topological polar surface area (TPSA) is 105 Å². The molecule has 2 heterocycles. The van der Waals surface area contributed by atoms with Crippen molar-refractivity contribution in [2.75, 3.05) is 39.3 Å². The van der Waals surface area contributed by atoms with Gasteiger partial charge in [-0.1, -0.05) is 11.6 Å². The second kappa shape index (κ2) is 10.5. The van der Waals surface area contributed by atoms with E-state index in [0.717, 1.165) is 0 Å². The molecule has 0 unspecified atom stereocenters. The van der Waals surface area contributed by atoms with Crippen molar-refractivity contribution in [3.05, 3.63) is 29.3 Å². The van der Waals surface area contributed by atoms with Crippen LogP contribution in [0.25, 0.3) is 0 Å². The second-order valence-electron chi connectivity index (χ2n) is 7.80. The van der Waals surface area contributed by atoms with E-state index in [4.69, 9.17) is 22.1 Å². The molecule has 0 aromatic heterocycles. The van der Waals surface area contributed by atoms with Gasteiger partial charge in [-0.25, -0.2) is 4.79 Å². The Morgan fingerprint density at radius 3 is 2.13 bits per heavy atom. The lowest BCUT2D eigenvalue weighted by atomic mass is 9.92. The fraction of sp³-hybridized carbons (Fsp3) is 0.571. The molecule has 2 aliphatic rings. The van der Waals surface area contributed by atoms with Crippen LogP contribution in [0.15, 0.2) is 24.3 Å². The zero-order valence-electron chi connectivity index (χ0n) is 17.0. The molecule has 8 nitrogen and oxygen atoms in total. The predicted molar refractivity (Wildman–Crippen MR) is 113 cm³/mol. The van der Waals surface area contributed by atoms with E-state index in [0.29, 0.717) is 75.8 Å². The molecule has 0 saturated carbocycles. The summed E-state index contributed by atoms with van der Waals surface area (Å²) >= 11 is 5.83. The van der Waals surface area contributed by atoms with Crippen molar-refractivity contribution >= 4 is 29.4 Å². The van der Waals surface area contributed by atoms with Crippen molar-refractivity contribution in [2.24, 2.45) is 17.6 Å². The number of hydrogen-bond donors (Lipinski definition) is 2. The first-order valence-corrected chi connectivity index (χ1v) is 10.8. The van der Waals surface area contributed by atoms with E-state index in [9.17, 15) is 14.4 Å². The Bertz CT molecular complexity index is 742. The van der Waals surface area contributed by atoms with Crippen molar-refractivity contribution in [1.29, 1.82) is 0 Å². The summed E-state index contributed by atoms with van der Waals surface area (Å²) in [6.45, 7) is 3.04. The van der Waals surface area contributed by atoms with Gasteiger partial charge in [-0.15, -0.1) is 0 Å². The average molecular weight is 437 g/mol. The highest BCUT2D eigenvalue weighted by Gasteiger charge is 2.32. The summed E-state index contributed by atoms with van der Waals surface area (Å²) in [5, 5.41) is 3.50. The third-order valence-electron chi connectivity index (χ3n) is 5.80. The van der Waals surface area contributed by atoms with Gasteiger partial charge in [0.1, 0.15) is 12.4 Å². The van der Waals surface area contributed by atoms with Crippen LogP contribution in [-0.2, 0) is 9.59 Å². The van der Waals surface area contributed by atoms with Crippen LogP contribution >= 0.6 is 11.6 Å². The molecular formula is C21H29ClN4O4. The first-order valence-electron chi connectivity index (χ1n) is 10.4. The van der Waals surface area contributed by atoms with Gasteiger partial charge in [0, 0.05) is 43.0 Å². The summed E-state index contributed by atoms with van der Waals surface area (Å²) < 4.78 is 5.57. The van der Waals surface area contributed by atoms with Gasteiger partial charge in [-0.3, -0.25) is 9.59 Å². The third kappa shape index (κ3) is 6.01. The van der Waals surface area contributed by atoms with Crippen LogP contribution in [0.3, 0.4) is 0 Å². The summed E-state index contributed by atoms with van der Waals surface area (Å²) in [6, 6.07) is 6.93. The fourth-order valence-electron chi connectivity index (χ4n) is 3.94. The SMILES string of the molecule is NC(=O)C1CCN(C(=O)C2CCN(C(=O)NCCOc3ccc(Cl)cc3)CC2)CC1. The molecule has 2 saturated heterocycles. The maximum absolute atomic E-state index is 12.7. The smallest absolute Gasteiger partial charge is 0.317 e. The van der Waals surface area contributed by atoms with E-state index in [1.807, 2.05) is 4.90 Å². The molecule has 0 radical (unpaired) electrons. The number of likely N-dealkylation sites (tertiary alicyclic amines) is 2. The zero-order valence-corrected chi connectivity index (χ0v) is 17.8. The van der Waals surface area contributed by atoms with Gasteiger partial charge in [0.15, 0.2) is 0 Å². The number of ether oxygens (including phenoxy) is 1. The van der Waals surface area contributed by atoms with Gasteiger partial charge in [-0.05, 0) is 49.9 Å². The molecule has 9 heteroatoms. The number of piperidine rings is 2. The second-order valence-corrected chi connectivity index (χ2v) is 8.23. The van der Waals surface area contributed by atoms with Crippen LogP contribution in [0.1, 0.15) is 25.7 Å². The number of halogens is 1. The Balaban J connectivity index is 1.33. The van der Waals surface area contributed by atoms with Crippen LogP contribution in [0, 0.1) is 11.8 Å². The zero-order chi connectivity index (χ0) is 21.5. The van der Waals surface area contributed by atoms with Crippen molar-refractivity contribution in [3.8, 4) is 5.75 Å². The molecule has 3 N–H and O–H groups in total. The molecule has 3 rings (SSSR count). The Labute approximate surface area is 181 Å². The normalized spacial score (nSPS) is 18.2. The summed E-state index contributed by atoms with van der Waals surface area (Å²) in [4.78, 5) is 39.9. The van der Waals surface area contributed by atoms with E-state index in [-0.39, 0.29) is 29.7 Å². The molecule has 2 fully saturated rings. The Morgan fingerprint density at radius 2 is 1.53 bits per heavy atom. The van der Waals surface area contributed by atoms with Crippen molar-refractivity contribution in [1.82, 2.24) is 15.1 Å². The highest BCUT2D eigenvalue weighted by molar-refractivity contribution is 6.30. The highest BCUT2D eigenvalue weighted by Crippen LogP contribution is 2.24. The van der Waals surface area contributed by atoms with E-state index < -0.39 is 0 Å². The van der Waals surface area contributed by atoms with Gasteiger partial charge in [-0.2, -0.15) is 0 Å². The molecule has 0 bridgehead atoms. The quantitative estimate of drug-likeness (QED) is 0.664. The standard InChI is InChI=1S/C21H29ClN4O4/c22-17-1-3-18(4-2-17)30-14-9-24-21(29)26-12-7-16(8-13-26)20(28)25-10-5-15(6-11-25)19(23)27/h1-4,15-16H,5-14H2,(H2,23,27)(H,24,29). The molecule has 1 aromatic rings. The lowest BCUT2D eigenvalue weighted by Gasteiger charge is -2.36. The van der Waals surface area contributed by atoms with Crippen LogP contribution in [-0.4, -0.2) is 67.0 Å². The minimum Gasteiger partial charge on any atom is -0.492 e. The number of urea groups is 1. The summed E-state index contributed by atoms with van der Waals surface area (Å²) in [6.07, 6.45) is 2.59. The number of benzene rings is 1. The molecule has 4 amide bonds. The minimum atomic E-state index is -0.278. The fourth-order valence-corrected chi connectivity index (χ4v) is 4.07. The average Bonchev–Trinajstić information content (AvgIpc) is 2.77. The van der Waals surface area contributed by atoms with Crippen LogP contribution in [0.5, 0.6) is 5.75 Å². The van der Waals surface area contributed by atoms with Gasteiger partial charge >= 0.3 is 6.03 Å². The molecule has 0 aliphatic carbocycles. The maximum atomic E-state index is 12.7. The highest BCUT2D eigenvalue weighted by atomic mass is 35.5. The monoisotopic (exact) mass is 436 g/mol. The van der Waals surface area contributed by atoms with Crippen LogP contribution in [0.2, 0.25) is 5.02 Å². The lowest BCUT2D eigenvalue weighted by molar-refractivity contribution is -0.139. The molecule has 1 aromatic carbocycles. The molecule has 0 atom stereocenters. The molecule has 30 heavy (non-hydrogen) atoms. The lowest BCUT2D eigenvalue weighted by Crippen LogP contribution is -2.49. The summed E-state index contributed by atoms with van der Waals surface area (Å²) in [7, 11) is 0. The number of nitrogens with one attached hydrogen (secondary N) is 1. The first kappa shape index (κ1) is 22.2. The number of primary amides is 1. The summed E-state index contributed by atoms with van der Waals surface area (Å²) in [5.74, 6) is 0.373. The Hall–Kier alpha value is -2.48. The van der Waals surface area contributed by atoms with E-state index in [2.05, 4.69) is 5.32 Å². The predicted octanol–water partition coefficient (Wildman–Crippen LogP) is 1.86. The number of carbonyl (C=O) groups excluding carboxylic acids is 3. The minimum absolute atomic E-state index is 0.0626. The Kier molecular flexibility index (Phi) is 7.79. The molecule has 0 spiro atoms. The van der Waals surface area contributed by atoms with Crippen molar-refractivity contribution < 1.29 is 19.1 Å². The summed E-state index contributed by atoms with van der Waals surface area (Å²) in [5.41, 5.74) is 5.36. The number of nitrogens with two attached hydrogens (primary N) is 1. The maximum Gasteiger partial charge on any atom is 0.317 e. The number of hydrogen-bond acceptors (Lipinski definition) is 4. The van der Waals surface area contributed by atoms with Gasteiger partial charge < -0.3 is 25.6 Å². The van der Waals surface area contributed by atoms with E-state index >= 15 is 0 Å². The number of nitrogens with zero attached hydrogens (tertiary/aromatic N) is 2. The first-order chi connectivity index (χ1) is 14.4. The number of amides is 4. The van der Waals surface area contributed by atoms with Gasteiger partial charge in [0.2, 0.25) is 11.8 Å². The largest absolute Gasteiger partial charge is 0.492 e. The molecular weight excluding hydrogens is 408 g/mol. The van der Waals surface area contributed by atoms with E-state index in [1.165, 1.54) is 0 Å². The Morgan fingerprint density at radius 1 is 0.967 bits per heavy atom. The molecule has 2 aliphatic heterocycles. The van der Waals surface area contributed by atoms with Gasteiger partial charge in [0.05, 0.1) is 6.54 Å². The number of rotatable bonds is 6. The van der Waals surface area contributed by atoms with Crippen molar-refractivity contribution in [3.63, 3.8) is 0 Å². The van der Waals surface area contributed by atoms with Crippen molar-refractivity contribution in [2.45, 2.75) is 25.7 Å². The van der Waals surface area contributed by atoms with E-state index in [1.54, 1.807) is 29.2 Å². The van der Waals surface area contributed by atoms with Gasteiger partial charge in [0.25, 0.3) is 0 Å². The third-order valence-corrected chi connectivity index (χ3v) is 6.05. The number of carbonyl (C=O) groups is 3. The molecule has 164 valence electrons.